The lowest BCUT2D eigenvalue weighted by Gasteiger charge is -2.12. The average Bonchev–Trinajstić information content (AvgIpc) is 2.65. The molecule has 0 aliphatic heterocycles. The number of hydrogen-bond donors (Lipinski definition) is 2. The second kappa shape index (κ2) is 9.60. The smallest absolute Gasteiger partial charge is 0.416 e. The van der Waals surface area contributed by atoms with Crippen LogP contribution in [0.25, 0.3) is 0 Å². The highest BCUT2D eigenvalue weighted by molar-refractivity contribution is 6.32. The molecule has 1 aromatic carbocycles. The van der Waals surface area contributed by atoms with Gasteiger partial charge < -0.3 is 15.4 Å². The molecule has 0 atom stereocenters. The fourth-order valence-corrected chi connectivity index (χ4v) is 2.37. The van der Waals surface area contributed by atoms with Crippen molar-refractivity contribution in [1.29, 1.82) is 0 Å². The van der Waals surface area contributed by atoms with Crippen LogP contribution in [-0.2, 0) is 11.0 Å². The number of anilines is 1. The van der Waals surface area contributed by atoms with Crippen LogP contribution in [0, 0.1) is 5.92 Å². The molecule has 0 fully saturated rings. The maximum atomic E-state index is 12.6. The van der Waals surface area contributed by atoms with Gasteiger partial charge in [0.15, 0.2) is 0 Å². The molecule has 2 aromatic rings. The van der Waals surface area contributed by atoms with Crippen molar-refractivity contribution in [2.75, 3.05) is 18.5 Å². The van der Waals surface area contributed by atoms with Crippen molar-refractivity contribution in [3.05, 3.63) is 52.7 Å². The van der Waals surface area contributed by atoms with Crippen LogP contribution in [0.1, 0.15) is 29.8 Å². The van der Waals surface area contributed by atoms with E-state index < -0.39 is 17.6 Å². The second-order valence-electron chi connectivity index (χ2n) is 6.32. The molecule has 1 aromatic heterocycles. The number of ether oxygens (including phenoxy) is 1. The number of alkyl halides is 3. The Bertz CT molecular complexity index is 888. The van der Waals surface area contributed by atoms with Crippen molar-refractivity contribution < 1.29 is 27.5 Å². The zero-order chi connectivity index (χ0) is 21.6. The molecule has 0 radical (unpaired) electrons. The molecule has 6 nitrogen and oxygen atoms in total. The first kappa shape index (κ1) is 22.5. The number of carbonyl (C=O) groups is 2. The van der Waals surface area contributed by atoms with E-state index in [1.165, 1.54) is 18.3 Å². The molecule has 29 heavy (non-hydrogen) atoms. The largest absolute Gasteiger partial charge is 0.490 e. The molecule has 0 aliphatic carbocycles. The first-order valence-corrected chi connectivity index (χ1v) is 9.00. The Balaban J connectivity index is 1.87. The average molecular weight is 430 g/mol. The van der Waals surface area contributed by atoms with E-state index in [0.29, 0.717) is 0 Å². The van der Waals surface area contributed by atoms with Gasteiger partial charge in [-0.25, -0.2) is 4.98 Å². The normalized spacial score (nSPS) is 11.3. The zero-order valence-corrected chi connectivity index (χ0v) is 16.4. The monoisotopic (exact) mass is 429 g/mol. The number of amides is 2. The predicted molar refractivity (Wildman–Crippen MR) is 102 cm³/mol. The maximum absolute atomic E-state index is 12.6. The molecule has 0 saturated carbocycles. The van der Waals surface area contributed by atoms with Crippen molar-refractivity contribution in [1.82, 2.24) is 10.3 Å². The van der Waals surface area contributed by atoms with Crippen molar-refractivity contribution in [3.8, 4) is 5.75 Å². The van der Waals surface area contributed by atoms with Crippen LogP contribution in [-0.4, -0.2) is 29.9 Å². The summed E-state index contributed by atoms with van der Waals surface area (Å²) in [5, 5.41) is 5.02. The van der Waals surface area contributed by atoms with Gasteiger partial charge in [0.2, 0.25) is 5.91 Å². The van der Waals surface area contributed by atoms with E-state index >= 15 is 0 Å². The number of nitrogens with zero attached hydrogens (tertiary/aromatic N) is 1. The summed E-state index contributed by atoms with van der Waals surface area (Å²) < 4.78 is 43.2. The minimum absolute atomic E-state index is 0.00114. The molecule has 0 aliphatic rings. The fraction of sp³-hybridized carbons (Fsp3) is 0.316. The number of hydrogen-bond acceptors (Lipinski definition) is 4. The van der Waals surface area contributed by atoms with Crippen LogP contribution >= 0.6 is 11.6 Å². The van der Waals surface area contributed by atoms with Gasteiger partial charge in [-0.15, -0.1) is 0 Å². The van der Waals surface area contributed by atoms with E-state index in [1.807, 2.05) is 0 Å². The third kappa shape index (κ3) is 6.63. The summed E-state index contributed by atoms with van der Waals surface area (Å²) >= 11 is 5.80. The van der Waals surface area contributed by atoms with Crippen molar-refractivity contribution in [2.24, 2.45) is 5.92 Å². The van der Waals surface area contributed by atoms with E-state index in [-0.39, 0.29) is 47.1 Å². The first-order chi connectivity index (χ1) is 13.6. The highest BCUT2D eigenvalue weighted by atomic mass is 35.5. The molecule has 0 bridgehead atoms. The highest BCUT2D eigenvalue weighted by Crippen LogP contribution is 2.34. The van der Waals surface area contributed by atoms with E-state index in [4.69, 9.17) is 16.3 Å². The Morgan fingerprint density at radius 3 is 2.55 bits per heavy atom. The maximum Gasteiger partial charge on any atom is 0.416 e. The van der Waals surface area contributed by atoms with Gasteiger partial charge in [0.25, 0.3) is 5.91 Å². The summed E-state index contributed by atoms with van der Waals surface area (Å²) in [5.41, 5.74) is -0.590. The van der Waals surface area contributed by atoms with Crippen LogP contribution in [0.15, 0.2) is 36.5 Å². The van der Waals surface area contributed by atoms with Gasteiger partial charge in [-0.2, -0.15) is 13.2 Å². The van der Waals surface area contributed by atoms with Gasteiger partial charge in [0.05, 0.1) is 17.1 Å². The van der Waals surface area contributed by atoms with Crippen molar-refractivity contribution in [3.63, 3.8) is 0 Å². The molecule has 2 N–H and O–H groups in total. The third-order valence-corrected chi connectivity index (χ3v) is 4.00. The van der Waals surface area contributed by atoms with E-state index in [0.717, 1.165) is 18.2 Å². The molecule has 2 amide bonds. The molecule has 1 heterocycles. The lowest BCUT2D eigenvalue weighted by molar-refractivity contribution is -0.137. The Hall–Kier alpha value is -2.81. The number of benzene rings is 1. The number of nitrogens with one attached hydrogen (secondary N) is 2. The number of halogens is 4. The minimum Gasteiger partial charge on any atom is -0.490 e. The van der Waals surface area contributed by atoms with Crippen LogP contribution in [0.2, 0.25) is 5.02 Å². The quantitative estimate of drug-likeness (QED) is 0.648. The second-order valence-corrected chi connectivity index (χ2v) is 6.73. The zero-order valence-electron chi connectivity index (χ0n) is 15.6. The number of rotatable bonds is 7. The molecule has 0 spiro atoms. The number of carbonyl (C=O) groups excluding carboxylic acids is 2. The van der Waals surface area contributed by atoms with Gasteiger partial charge in [0, 0.05) is 17.7 Å². The molecule has 10 heteroatoms. The molecule has 0 saturated heterocycles. The molecule has 0 unspecified atom stereocenters. The van der Waals surface area contributed by atoms with E-state index in [2.05, 4.69) is 15.6 Å². The molecular weight excluding hydrogens is 411 g/mol. The van der Waals surface area contributed by atoms with Gasteiger partial charge in [0.1, 0.15) is 18.2 Å². The topological polar surface area (TPSA) is 80.3 Å². The fourth-order valence-electron chi connectivity index (χ4n) is 2.13. The Morgan fingerprint density at radius 2 is 1.93 bits per heavy atom. The molecule has 2 rings (SSSR count). The van der Waals surface area contributed by atoms with E-state index in [1.54, 1.807) is 13.8 Å². The SMILES string of the molecule is CC(C)C(=O)Nc1cc(C(=O)NCCOc2ccc(C(F)(F)F)cc2Cl)ccn1. The van der Waals surface area contributed by atoms with Crippen LogP contribution < -0.4 is 15.4 Å². The standard InChI is InChI=1S/C19H19ClF3N3O3/c1-11(2)17(27)26-16-9-12(5-6-24-16)18(28)25-7-8-29-15-4-3-13(10-14(15)20)19(21,22)23/h3-6,9-11H,7-8H2,1-2H3,(H,25,28)(H,24,26,27). The summed E-state index contributed by atoms with van der Waals surface area (Å²) in [4.78, 5) is 27.9. The summed E-state index contributed by atoms with van der Waals surface area (Å²) in [6, 6.07) is 5.68. The number of pyridine rings is 1. The summed E-state index contributed by atoms with van der Waals surface area (Å²) in [7, 11) is 0. The Kier molecular flexibility index (Phi) is 7.44. The summed E-state index contributed by atoms with van der Waals surface area (Å²) in [5.74, 6) is -0.546. The van der Waals surface area contributed by atoms with Gasteiger partial charge in [-0.1, -0.05) is 25.4 Å². The third-order valence-electron chi connectivity index (χ3n) is 3.70. The predicted octanol–water partition coefficient (Wildman–Crippen LogP) is 4.16. The van der Waals surface area contributed by atoms with Gasteiger partial charge in [-0.3, -0.25) is 9.59 Å². The summed E-state index contributed by atoms with van der Waals surface area (Å²) in [6.45, 7) is 3.55. The van der Waals surface area contributed by atoms with Crippen molar-refractivity contribution >= 4 is 29.2 Å². The first-order valence-electron chi connectivity index (χ1n) is 8.62. The molecular formula is C19H19ClF3N3O3. The van der Waals surface area contributed by atoms with Gasteiger partial charge >= 0.3 is 6.18 Å². The summed E-state index contributed by atoms with van der Waals surface area (Å²) in [6.07, 6.45) is -3.10. The molecule has 156 valence electrons. The highest BCUT2D eigenvalue weighted by Gasteiger charge is 2.31. The van der Waals surface area contributed by atoms with Crippen LogP contribution in [0.3, 0.4) is 0 Å². The van der Waals surface area contributed by atoms with Crippen LogP contribution in [0.5, 0.6) is 5.75 Å². The Morgan fingerprint density at radius 1 is 1.21 bits per heavy atom. The Labute approximate surface area is 170 Å². The lowest BCUT2D eigenvalue weighted by atomic mass is 10.2. The van der Waals surface area contributed by atoms with Crippen LogP contribution in [0.4, 0.5) is 19.0 Å². The van der Waals surface area contributed by atoms with E-state index in [9.17, 15) is 22.8 Å². The minimum atomic E-state index is -4.49. The van der Waals surface area contributed by atoms with Gasteiger partial charge in [-0.05, 0) is 30.3 Å². The number of aromatic nitrogens is 1. The lowest BCUT2D eigenvalue weighted by Crippen LogP contribution is -2.28. The van der Waals surface area contributed by atoms with Crippen molar-refractivity contribution in [2.45, 2.75) is 20.0 Å².